The maximum atomic E-state index is 11.8. The van der Waals surface area contributed by atoms with Crippen molar-refractivity contribution in [2.75, 3.05) is 40.3 Å². The van der Waals surface area contributed by atoms with Gasteiger partial charge in [-0.15, -0.1) is 0 Å². The van der Waals surface area contributed by atoms with Crippen LogP contribution in [0.4, 0.5) is 4.79 Å². The van der Waals surface area contributed by atoms with Crippen LogP contribution < -0.4 is 29.6 Å². The van der Waals surface area contributed by atoms with E-state index >= 15 is 0 Å². The molecule has 0 fully saturated rings. The van der Waals surface area contributed by atoms with E-state index in [0.29, 0.717) is 56.0 Å². The average molecular weight is 389 g/mol. The van der Waals surface area contributed by atoms with E-state index in [-0.39, 0.29) is 12.8 Å². The minimum atomic E-state index is -0.283. The van der Waals surface area contributed by atoms with Crippen LogP contribution in [0.3, 0.4) is 0 Å². The summed E-state index contributed by atoms with van der Waals surface area (Å²) in [6.07, 6.45) is 1.66. The van der Waals surface area contributed by atoms with E-state index in [4.69, 9.17) is 23.7 Å². The predicted octanol–water partition coefficient (Wildman–Crippen LogP) is 1.71. The Hall–Kier alpha value is -3.20. The van der Waals surface area contributed by atoms with Gasteiger partial charge in [0.2, 0.25) is 12.7 Å². The smallest absolute Gasteiger partial charge is 0.315 e. The van der Waals surface area contributed by atoms with Gasteiger partial charge in [-0.3, -0.25) is 0 Å². The van der Waals surface area contributed by atoms with Crippen molar-refractivity contribution >= 4 is 6.03 Å². The fourth-order valence-corrected chi connectivity index (χ4v) is 2.38. The Morgan fingerprint density at radius 3 is 2.79 bits per heavy atom. The normalized spacial score (nSPS) is 11.8. The Bertz CT molecular complexity index is 769. The van der Waals surface area contributed by atoms with Gasteiger partial charge in [0.15, 0.2) is 11.5 Å². The van der Waals surface area contributed by atoms with Crippen molar-refractivity contribution in [1.82, 2.24) is 15.6 Å². The molecule has 1 aliphatic rings. The van der Waals surface area contributed by atoms with Crippen molar-refractivity contribution in [2.45, 2.75) is 6.54 Å². The second-order valence-corrected chi connectivity index (χ2v) is 5.82. The first kappa shape index (κ1) is 19.6. The van der Waals surface area contributed by atoms with Crippen LogP contribution in [0.15, 0.2) is 36.5 Å². The van der Waals surface area contributed by atoms with Gasteiger partial charge in [0, 0.05) is 32.0 Å². The molecule has 0 spiro atoms. The second-order valence-electron chi connectivity index (χ2n) is 5.82. The minimum Gasteiger partial charge on any atom is -0.492 e. The monoisotopic (exact) mass is 389 g/mol. The minimum absolute atomic E-state index is 0.222. The molecule has 2 aromatic rings. The van der Waals surface area contributed by atoms with Gasteiger partial charge >= 0.3 is 6.03 Å². The fourth-order valence-electron chi connectivity index (χ4n) is 2.38. The van der Waals surface area contributed by atoms with Crippen LogP contribution in [0.2, 0.25) is 0 Å². The number of pyridine rings is 1. The first-order valence-electron chi connectivity index (χ1n) is 8.85. The third-order valence-electron chi connectivity index (χ3n) is 3.79. The highest BCUT2D eigenvalue weighted by atomic mass is 16.7. The Kier molecular flexibility index (Phi) is 7.14. The fraction of sp³-hybridized carbons (Fsp3) is 0.368. The number of carbonyl (C=O) groups excluding carboxylic acids is 1. The molecule has 0 radical (unpaired) electrons. The van der Waals surface area contributed by atoms with Crippen LogP contribution in [0.1, 0.15) is 5.56 Å². The summed E-state index contributed by atoms with van der Waals surface area (Å²) in [7, 11) is 1.61. The lowest BCUT2D eigenvalue weighted by Crippen LogP contribution is -2.37. The van der Waals surface area contributed by atoms with Crippen LogP contribution in [-0.4, -0.2) is 51.3 Å². The number of urea groups is 1. The van der Waals surface area contributed by atoms with Crippen LogP contribution in [0.25, 0.3) is 0 Å². The van der Waals surface area contributed by atoms with Gasteiger partial charge in [0.05, 0.1) is 13.2 Å². The van der Waals surface area contributed by atoms with Crippen molar-refractivity contribution < 1.29 is 28.5 Å². The van der Waals surface area contributed by atoms with E-state index in [0.717, 1.165) is 5.56 Å². The number of ether oxygens (including phenoxy) is 5. The van der Waals surface area contributed by atoms with E-state index in [1.165, 1.54) is 0 Å². The van der Waals surface area contributed by atoms with Crippen molar-refractivity contribution in [1.29, 1.82) is 0 Å². The molecular formula is C19H23N3O6. The van der Waals surface area contributed by atoms with Gasteiger partial charge in [0.25, 0.3) is 0 Å². The molecule has 150 valence electrons. The molecule has 9 nitrogen and oxygen atoms in total. The molecule has 0 aliphatic carbocycles. The van der Waals surface area contributed by atoms with E-state index < -0.39 is 0 Å². The highest BCUT2D eigenvalue weighted by molar-refractivity contribution is 5.73. The molecule has 0 atom stereocenters. The molecular weight excluding hydrogens is 366 g/mol. The number of fused-ring (bicyclic) bond motifs is 1. The molecule has 1 aromatic heterocycles. The standard InChI is InChI=1S/C19H23N3O6/c1-24-8-9-26-18-5-2-14(11-21-18)12-22-19(23)20-6-7-25-15-3-4-16-17(10-15)28-13-27-16/h2-5,10-11H,6-9,12-13H2,1H3,(H2,20,22,23). The molecule has 3 rings (SSSR count). The molecule has 0 bridgehead atoms. The number of benzene rings is 1. The van der Waals surface area contributed by atoms with Crippen LogP contribution in [0, 0.1) is 0 Å². The van der Waals surface area contributed by atoms with Crippen molar-refractivity contribution in [3.05, 3.63) is 42.1 Å². The average Bonchev–Trinajstić information content (AvgIpc) is 3.19. The summed E-state index contributed by atoms with van der Waals surface area (Å²) in [4.78, 5) is 16.0. The first-order valence-corrected chi connectivity index (χ1v) is 8.85. The highest BCUT2D eigenvalue weighted by Gasteiger charge is 2.13. The summed E-state index contributed by atoms with van der Waals surface area (Å²) in [5.74, 6) is 2.54. The van der Waals surface area contributed by atoms with Gasteiger partial charge in [-0.1, -0.05) is 6.07 Å². The lowest BCUT2D eigenvalue weighted by Gasteiger charge is -2.10. The molecule has 0 saturated carbocycles. The predicted molar refractivity (Wildman–Crippen MR) is 99.9 cm³/mol. The Labute approximate surface area is 162 Å². The number of methoxy groups -OCH3 is 1. The zero-order valence-electron chi connectivity index (χ0n) is 15.6. The number of rotatable bonds is 10. The van der Waals surface area contributed by atoms with Gasteiger partial charge in [-0.05, 0) is 17.7 Å². The molecule has 0 unspecified atom stereocenters. The summed E-state index contributed by atoms with van der Waals surface area (Å²) < 4.78 is 26.4. The molecule has 0 saturated heterocycles. The Morgan fingerprint density at radius 2 is 1.96 bits per heavy atom. The number of nitrogens with zero attached hydrogens (tertiary/aromatic N) is 1. The van der Waals surface area contributed by atoms with Crippen molar-refractivity contribution in [2.24, 2.45) is 0 Å². The lowest BCUT2D eigenvalue weighted by atomic mass is 10.3. The third-order valence-corrected chi connectivity index (χ3v) is 3.79. The molecule has 1 aromatic carbocycles. The van der Waals surface area contributed by atoms with E-state index in [9.17, 15) is 4.79 Å². The first-order chi connectivity index (χ1) is 13.7. The highest BCUT2D eigenvalue weighted by Crippen LogP contribution is 2.34. The van der Waals surface area contributed by atoms with Gasteiger partial charge < -0.3 is 34.3 Å². The number of hydrogen-bond donors (Lipinski definition) is 2. The van der Waals surface area contributed by atoms with Gasteiger partial charge in [0.1, 0.15) is 19.0 Å². The number of aromatic nitrogens is 1. The summed E-state index contributed by atoms with van der Waals surface area (Å²) in [6.45, 7) is 2.23. The summed E-state index contributed by atoms with van der Waals surface area (Å²) in [5, 5.41) is 5.49. The maximum Gasteiger partial charge on any atom is 0.315 e. The SMILES string of the molecule is COCCOc1ccc(CNC(=O)NCCOc2ccc3c(c2)OCO3)cn1. The summed E-state index contributed by atoms with van der Waals surface area (Å²) in [6, 6.07) is 8.66. The molecule has 2 N–H and O–H groups in total. The van der Waals surface area contributed by atoms with Crippen LogP contribution >= 0.6 is 0 Å². The number of hydrogen-bond acceptors (Lipinski definition) is 7. The third kappa shape index (κ3) is 5.92. The number of carbonyl (C=O) groups is 1. The number of nitrogens with one attached hydrogen (secondary N) is 2. The topological polar surface area (TPSA) is 100 Å². The quantitative estimate of drug-likeness (QED) is 0.597. The molecule has 2 amide bonds. The maximum absolute atomic E-state index is 11.8. The van der Waals surface area contributed by atoms with Crippen molar-refractivity contribution in [3.8, 4) is 23.1 Å². The Balaban J connectivity index is 1.30. The van der Waals surface area contributed by atoms with E-state index in [1.54, 1.807) is 37.6 Å². The molecule has 1 aliphatic heterocycles. The summed E-state index contributed by atoms with van der Waals surface area (Å²) >= 11 is 0. The van der Waals surface area contributed by atoms with E-state index in [2.05, 4.69) is 15.6 Å². The van der Waals surface area contributed by atoms with Crippen LogP contribution in [-0.2, 0) is 11.3 Å². The zero-order valence-corrected chi connectivity index (χ0v) is 15.6. The van der Waals surface area contributed by atoms with Gasteiger partial charge in [-0.25, -0.2) is 9.78 Å². The second kappa shape index (κ2) is 10.2. The molecule has 2 heterocycles. The summed E-state index contributed by atoms with van der Waals surface area (Å²) in [5.41, 5.74) is 0.867. The molecule has 28 heavy (non-hydrogen) atoms. The van der Waals surface area contributed by atoms with Crippen molar-refractivity contribution in [3.63, 3.8) is 0 Å². The van der Waals surface area contributed by atoms with Crippen LogP contribution in [0.5, 0.6) is 23.1 Å². The van der Waals surface area contributed by atoms with Gasteiger partial charge in [-0.2, -0.15) is 0 Å². The lowest BCUT2D eigenvalue weighted by molar-refractivity contribution is 0.143. The number of amides is 2. The Morgan fingerprint density at radius 1 is 1.07 bits per heavy atom. The van der Waals surface area contributed by atoms with E-state index in [1.807, 2.05) is 6.07 Å². The molecule has 9 heteroatoms. The zero-order chi connectivity index (χ0) is 19.6. The largest absolute Gasteiger partial charge is 0.492 e.